The number of hydrogen-bond donors (Lipinski definition) is 1. The van der Waals surface area contributed by atoms with Crippen LogP contribution in [0.25, 0.3) is 0 Å². The molecular weight excluding hydrogens is 452 g/mol. The largest absolute Gasteiger partial charge is 0.486 e. The molecule has 1 aromatic heterocycles. The van der Waals surface area contributed by atoms with Gasteiger partial charge in [-0.3, -0.25) is 9.59 Å². The molecule has 0 spiro atoms. The first kappa shape index (κ1) is 23.8. The van der Waals surface area contributed by atoms with Crippen molar-refractivity contribution in [2.75, 3.05) is 17.7 Å². The average Bonchev–Trinajstić information content (AvgIpc) is 3.21. The molecule has 0 saturated heterocycles. The quantitative estimate of drug-likeness (QED) is 0.340. The van der Waals surface area contributed by atoms with E-state index in [0.29, 0.717) is 34.7 Å². The van der Waals surface area contributed by atoms with Gasteiger partial charge >= 0.3 is 0 Å². The van der Waals surface area contributed by atoms with Crippen LogP contribution in [0.1, 0.15) is 42.5 Å². The molecule has 3 aromatic rings. The van der Waals surface area contributed by atoms with Gasteiger partial charge in [0.15, 0.2) is 23.4 Å². The number of ketones is 1. The Hall–Kier alpha value is -3.33. The van der Waals surface area contributed by atoms with Crippen molar-refractivity contribution in [1.82, 2.24) is 14.8 Å². The maximum atomic E-state index is 12.8. The first-order valence-electron chi connectivity index (χ1n) is 11.3. The van der Waals surface area contributed by atoms with Gasteiger partial charge < -0.3 is 19.4 Å². The smallest absolute Gasteiger partial charge is 0.262 e. The number of carbonyl (C=O) groups is 2. The molecule has 1 aliphatic rings. The maximum Gasteiger partial charge on any atom is 0.262 e. The van der Waals surface area contributed by atoms with Gasteiger partial charge in [-0.15, -0.1) is 10.2 Å². The van der Waals surface area contributed by atoms with E-state index in [-0.39, 0.29) is 24.1 Å². The van der Waals surface area contributed by atoms with Crippen molar-refractivity contribution in [3.05, 3.63) is 59.4 Å². The van der Waals surface area contributed by atoms with Crippen LogP contribution < -0.4 is 14.8 Å². The maximum absolute atomic E-state index is 12.8. The third-order valence-electron chi connectivity index (χ3n) is 5.31. The number of hydrogen-bond acceptors (Lipinski definition) is 7. The predicted molar refractivity (Wildman–Crippen MR) is 131 cm³/mol. The number of Topliss-reactive ketones (excluding diaryl/α,β-unsaturated/α-hetero) is 1. The highest BCUT2D eigenvalue weighted by molar-refractivity contribution is 7.99. The number of rotatable bonds is 10. The monoisotopic (exact) mass is 480 g/mol. The van der Waals surface area contributed by atoms with E-state index in [4.69, 9.17) is 9.47 Å². The topological polar surface area (TPSA) is 95.3 Å². The Labute approximate surface area is 203 Å². The van der Waals surface area contributed by atoms with Crippen LogP contribution in [0.15, 0.2) is 47.6 Å². The molecule has 0 saturated carbocycles. The minimum Gasteiger partial charge on any atom is -0.486 e. The molecule has 1 aliphatic heterocycles. The number of aryl methyl sites for hydroxylation is 1. The third-order valence-corrected chi connectivity index (χ3v) is 6.27. The fourth-order valence-electron chi connectivity index (χ4n) is 3.52. The number of ether oxygens (including phenoxy) is 2. The van der Waals surface area contributed by atoms with Crippen molar-refractivity contribution in [1.29, 1.82) is 0 Å². The number of amides is 1. The third kappa shape index (κ3) is 5.77. The number of fused-ring (bicyclic) bond motifs is 1. The summed E-state index contributed by atoms with van der Waals surface area (Å²) < 4.78 is 13.3. The Kier molecular flexibility index (Phi) is 7.52. The number of anilines is 1. The van der Waals surface area contributed by atoms with Crippen molar-refractivity contribution >= 4 is 29.1 Å². The minimum absolute atomic E-state index is 0.0161. The van der Waals surface area contributed by atoms with Gasteiger partial charge in [-0.1, -0.05) is 44.7 Å². The lowest BCUT2D eigenvalue weighted by Crippen LogP contribution is -2.25. The molecule has 8 nitrogen and oxygen atoms in total. The number of benzene rings is 2. The zero-order chi connectivity index (χ0) is 24.1. The summed E-state index contributed by atoms with van der Waals surface area (Å²) in [4.78, 5) is 24.4. The molecule has 0 radical (unpaired) electrons. The second kappa shape index (κ2) is 10.7. The SMILES string of the molecule is CCc1ccc(OCc2nnc(SCC(=O)c3ccc4c(c3)NC(=O)CO4)n2CC(C)C)cc1. The first-order valence-corrected chi connectivity index (χ1v) is 12.3. The van der Waals surface area contributed by atoms with Gasteiger partial charge in [0.25, 0.3) is 5.91 Å². The summed E-state index contributed by atoms with van der Waals surface area (Å²) in [5.41, 5.74) is 2.28. The highest BCUT2D eigenvalue weighted by atomic mass is 32.2. The van der Waals surface area contributed by atoms with Gasteiger partial charge in [0.2, 0.25) is 0 Å². The van der Waals surface area contributed by atoms with Crippen LogP contribution in [0.3, 0.4) is 0 Å². The molecule has 1 amide bonds. The molecule has 0 atom stereocenters. The highest BCUT2D eigenvalue weighted by Gasteiger charge is 2.20. The zero-order valence-corrected chi connectivity index (χ0v) is 20.4. The van der Waals surface area contributed by atoms with Crippen molar-refractivity contribution in [2.24, 2.45) is 5.92 Å². The lowest BCUT2D eigenvalue weighted by atomic mass is 10.1. The van der Waals surface area contributed by atoms with Gasteiger partial charge in [0.1, 0.15) is 18.1 Å². The summed E-state index contributed by atoms with van der Waals surface area (Å²) in [5.74, 6) is 2.33. The molecule has 0 unspecified atom stereocenters. The van der Waals surface area contributed by atoms with E-state index in [0.717, 1.165) is 24.5 Å². The van der Waals surface area contributed by atoms with Gasteiger partial charge in [-0.2, -0.15) is 0 Å². The summed E-state index contributed by atoms with van der Waals surface area (Å²) in [7, 11) is 0. The zero-order valence-electron chi connectivity index (χ0n) is 19.5. The van der Waals surface area contributed by atoms with E-state index >= 15 is 0 Å². The molecule has 4 rings (SSSR count). The van der Waals surface area contributed by atoms with Gasteiger partial charge in [0.05, 0.1) is 11.4 Å². The molecule has 9 heteroatoms. The Bertz CT molecular complexity index is 1170. The van der Waals surface area contributed by atoms with E-state index in [1.54, 1.807) is 18.2 Å². The van der Waals surface area contributed by atoms with Gasteiger partial charge in [-0.05, 0) is 48.2 Å². The minimum atomic E-state index is -0.232. The Balaban J connectivity index is 1.43. The van der Waals surface area contributed by atoms with Crippen LogP contribution >= 0.6 is 11.8 Å². The van der Waals surface area contributed by atoms with E-state index in [2.05, 4.69) is 48.4 Å². The Morgan fingerprint density at radius 3 is 2.74 bits per heavy atom. The van der Waals surface area contributed by atoms with Crippen LogP contribution in [0.4, 0.5) is 5.69 Å². The van der Waals surface area contributed by atoms with Gasteiger partial charge in [0, 0.05) is 12.1 Å². The normalized spacial score (nSPS) is 12.8. The molecule has 2 aromatic carbocycles. The van der Waals surface area contributed by atoms with Crippen molar-refractivity contribution in [2.45, 2.75) is 45.5 Å². The van der Waals surface area contributed by atoms with E-state index in [9.17, 15) is 9.59 Å². The number of aromatic nitrogens is 3. The Morgan fingerprint density at radius 2 is 2.00 bits per heavy atom. The molecule has 0 bridgehead atoms. The van der Waals surface area contributed by atoms with Crippen molar-refractivity contribution < 1.29 is 19.1 Å². The molecule has 1 N–H and O–H groups in total. The van der Waals surface area contributed by atoms with Gasteiger partial charge in [-0.25, -0.2) is 0 Å². The molecule has 0 aliphatic carbocycles. The van der Waals surface area contributed by atoms with Crippen LogP contribution in [0, 0.1) is 5.92 Å². The van der Waals surface area contributed by atoms with Crippen molar-refractivity contribution in [3.8, 4) is 11.5 Å². The van der Waals surface area contributed by atoms with E-state index < -0.39 is 0 Å². The summed E-state index contributed by atoms with van der Waals surface area (Å²) in [6.45, 7) is 7.36. The molecule has 0 fully saturated rings. The number of thioether (sulfide) groups is 1. The fourth-order valence-corrected chi connectivity index (χ4v) is 4.38. The number of carbonyl (C=O) groups excluding carboxylic acids is 2. The average molecular weight is 481 g/mol. The standard InChI is InChI=1S/C25H28N4O4S/c1-4-17-5-8-19(9-6-17)32-13-23-27-28-25(29(23)12-16(2)3)34-15-21(30)18-7-10-22-20(11-18)26-24(31)14-33-22/h5-11,16H,4,12-15H2,1-3H3,(H,26,31). The van der Waals surface area contributed by atoms with Crippen molar-refractivity contribution in [3.63, 3.8) is 0 Å². The first-order chi connectivity index (χ1) is 16.4. The summed E-state index contributed by atoms with van der Waals surface area (Å²) in [5, 5.41) is 12.1. The highest BCUT2D eigenvalue weighted by Crippen LogP contribution is 2.29. The lowest BCUT2D eigenvalue weighted by Gasteiger charge is -2.18. The molecule has 178 valence electrons. The second-order valence-corrected chi connectivity index (χ2v) is 9.39. The summed E-state index contributed by atoms with van der Waals surface area (Å²) in [6.07, 6.45) is 0.982. The number of nitrogens with zero attached hydrogens (tertiary/aromatic N) is 3. The van der Waals surface area contributed by atoms with E-state index in [1.807, 2.05) is 16.7 Å². The van der Waals surface area contributed by atoms with E-state index in [1.165, 1.54) is 17.3 Å². The molecular formula is C25H28N4O4S. The molecule has 34 heavy (non-hydrogen) atoms. The fraction of sp³-hybridized carbons (Fsp3) is 0.360. The number of nitrogens with one attached hydrogen (secondary N) is 1. The predicted octanol–water partition coefficient (Wildman–Crippen LogP) is 4.38. The van der Waals surface area contributed by atoms with Crippen LogP contribution in [-0.2, 0) is 24.4 Å². The Morgan fingerprint density at radius 1 is 1.21 bits per heavy atom. The van der Waals surface area contributed by atoms with Crippen LogP contribution in [-0.4, -0.2) is 38.8 Å². The summed E-state index contributed by atoms with van der Waals surface area (Å²) >= 11 is 1.34. The van der Waals surface area contributed by atoms with Crippen LogP contribution in [0.5, 0.6) is 11.5 Å². The van der Waals surface area contributed by atoms with Crippen LogP contribution in [0.2, 0.25) is 0 Å². The second-order valence-electron chi connectivity index (χ2n) is 8.45. The lowest BCUT2D eigenvalue weighted by molar-refractivity contribution is -0.118. The molecule has 2 heterocycles. The summed E-state index contributed by atoms with van der Waals surface area (Å²) in [6, 6.07) is 13.1.